The first-order valence-corrected chi connectivity index (χ1v) is 10.3. The van der Waals surface area contributed by atoms with E-state index in [1.165, 1.54) is 5.57 Å². The minimum absolute atomic E-state index is 0.116. The normalized spacial score (nSPS) is 33.8. The highest BCUT2D eigenvalue weighted by Gasteiger charge is 2.52. The molecule has 0 saturated heterocycles. The van der Waals surface area contributed by atoms with Crippen molar-refractivity contribution in [2.75, 3.05) is 0 Å². The summed E-state index contributed by atoms with van der Waals surface area (Å²) >= 11 is 0. The number of aliphatic hydroxyl groups excluding tert-OH is 2. The summed E-state index contributed by atoms with van der Waals surface area (Å²) in [6.45, 7) is 4.43. The van der Waals surface area contributed by atoms with Crippen LogP contribution in [0.5, 0.6) is 0 Å². The zero-order chi connectivity index (χ0) is 19.2. The van der Waals surface area contributed by atoms with Gasteiger partial charge in [-0.15, -0.1) is 0 Å². The molecular weight excluding hydrogens is 328 g/mol. The molecule has 0 amide bonds. The fourth-order valence-electron chi connectivity index (χ4n) is 4.89. The van der Waals surface area contributed by atoms with Gasteiger partial charge in [0.15, 0.2) is 0 Å². The number of aliphatic hydroxyl groups is 2. The molecular formula is C22H36O4. The second-order valence-corrected chi connectivity index (χ2v) is 8.59. The highest BCUT2D eigenvalue weighted by molar-refractivity contribution is 5.66. The Morgan fingerprint density at radius 1 is 1.35 bits per heavy atom. The van der Waals surface area contributed by atoms with Gasteiger partial charge < -0.3 is 15.3 Å². The molecule has 2 rings (SSSR count). The van der Waals surface area contributed by atoms with E-state index in [2.05, 4.69) is 26.0 Å². The van der Waals surface area contributed by atoms with Gasteiger partial charge >= 0.3 is 5.97 Å². The number of hydrogen-bond acceptors (Lipinski definition) is 3. The Hall–Kier alpha value is -1.13. The third-order valence-electron chi connectivity index (χ3n) is 6.28. The number of hydrogen-bond donors (Lipinski definition) is 3. The molecule has 0 aromatic carbocycles. The topological polar surface area (TPSA) is 77.8 Å². The standard InChI is InChI=1S/C22H36O4/c1-3-4-5-9-17(23)11-12-18-19-13-16(8-6-7-10-21(25)26)14-22(19,2)15-20(18)24/h8,11-12,17-20,23-24H,3-7,9-10,13-15H2,1-2H3,(H,25,26)/b12-11+,16-8-/t17-,18+,19+,20+,22-/m1/s1. The van der Waals surface area contributed by atoms with Gasteiger partial charge in [0, 0.05) is 12.3 Å². The molecule has 0 bridgehead atoms. The summed E-state index contributed by atoms with van der Waals surface area (Å²) in [5.41, 5.74) is 1.54. The monoisotopic (exact) mass is 364 g/mol. The van der Waals surface area contributed by atoms with E-state index >= 15 is 0 Å². The number of carbonyl (C=O) groups is 1. The van der Waals surface area contributed by atoms with Crippen molar-refractivity contribution >= 4 is 5.97 Å². The molecule has 0 spiro atoms. The molecule has 5 atom stereocenters. The van der Waals surface area contributed by atoms with Gasteiger partial charge in [-0.25, -0.2) is 0 Å². The lowest BCUT2D eigenvalue weighted by Gasteiger charge is -2.24. The minimum Gasteiger partial charge on any atom is -0.481 e. The highest BCUT2D eigenvalue weighted by Crippen LogP contribution is 2.58. The molecule has 0 aliphatic heterocycles. The smallest absolute Gasteiger partial charge is 0.303 e. The van der Waals surface area contributed by atoms with Crippen LogP contribution in [-0.2, 0) is 4.79 Å². The zero-order valence-corrected chi connectivity index (χ0v) is 16.4. The summed E-state index contributed by atoms with van der Waals surface area (Å²) in [4.78, 5) is 10.6. The van der Waals surface area contributed by atoms with Crippen LogP contribution in [0.3, 0.4) is 0 Å². The van der Waals surface area contributed by atoms with Gasteiger partial charge in [-0.05, 0) is 49.9 Å². The number of carboxylic acids is 1. The largest absolute Gasteiger partial charge is 0.481 e. The van der Waals surface area contributed by atoms with Crippen molar-refractivity contribution in [3.05, 3.63) is 23.8 Å². The number of rotatable bonds is 10. The molecule has 0 radical (unpaired) electrons. The van der Waals surface area contributed by atoms with E-state index < -0.39 is 12.1 Å². The Labute approximate surface area is 158 Å². The molecule has 0 unspecified atom stereocenters. The van der Waals surface area contributed by atoms with E-state index in [1.54, 1.807) is 0 Å². The fourth-order valence-corrected chi connectivity index (χ4v) is 4.89. The summed E-state index contributed by atoms with van der Waals surface area (Å²) < 4.78 is 0. The van der Waals surface area contributed by atoms with Crippen LogP contribution in [0, 0.1) is 17.3 Å². The predicted octanol–water partition coefficient (Wildman–Crippen LogP) is 4.46. The van der Waals surface area contributed by atoms with Gasteiger partial charge in [0.1, 0.15) is 0 Å². The van der Waals surface area contributed by atoms with E-state index in [-0.39, 0.29) is 23.9 Å². The zero-order valence-electron chi connectivity index (χ0n) is 16.4. The molecule has 4 heteroatoms. The van der Waals surface area contributed by atoms with Gasteiger partial charge in [-0.2, -0.15) is 0 Å². The second-order valence-electron chi connectivity index (χ2n) is 8.59. The molecule has 2 aliphatic rings. The molecule has 4 nitrogen and oxygen atoms in total. The first kappa shape index (κ1) is 21.2. The van der Waals surface area contributed by atoms with Crippen LogP contribution in [0.4, 0.5) is 0 Å². The molecule has 3 N–H and O–H groups in total. The van der Waals surface area contributed by atoms with Gasteiger partial charge in [0.05, 0.1) is 12.2 Å². The van der Waals surface area contributed by atoms with Crippen molar-refractivity contribution in [3.63, 3.8) is 0 Å². The summed E-state index contributed by atoms with van der Waals surface area (Å²) in [6.07, 6.45) is 14.1. The molecule has 26 heavy (non-hydrogen) atoms. The third kappa shape index (κ3) is 5.68. The number of unbranched alkanes of at least 4 members (excludes halogenated alkanes) is 3. The lowest BCUT2D eigenvalue weighted by atomic mass is 9.80. The average molecular weight is 365 g/mol. The number of allylic oxidation sites excluding steroid dienone is 2. The Kier molecular flexibility index (Phi) is 7.90. The van der Waals surface area contributed by atoms with Crippen molar-refractivity contribution in [3.8, 4) is 0 Å². The van der Waals surface area contributed by atoms with Crippen LogP contribution in [0.2, 0.25) is 0 Å². The maximum absolute atomic E-state index is 10.6. The Bertz CT molecular complexity index is 524. The van der Waals surface area contributed by atoms with E-state index in [0.29, 0.717) is 12.3 Å². The van der Waals surface area contributed by atoms with Crippen molar-refractivity contribution in [2.24, 2.45) is 17.3 Å². The van der Waals surface area contributed by atoms with E-state index in [0.717, 1.165) is 51.4 Å². The molecule has 0 heterocycles. The SMILES string of the molecule is CCCCC[C@@H](O)/C=C/[C@@H]1[C@@H](O)C[C@@]2(C)C/C(=C\CCCC(=O)O)C[C@@H]12. The van der Waals surface area contributed by atoms with Crippen molar-refractivity contribution in [1.29, 1.82) is 0 Å². The van der Waals surface area contributed by atoms with Gasteiger partial charge in [-0.1, -0.05) is 56.9 Å². The van der Waals surface area contributed by atoms with Gasteiger partial charge in [0.25, 0.3) is 0 Å². The van der Waals surface area contributed by atoms with Crippen LogP contribution in [0.15, 0.2) is 23.8 Å². The summed E-state index contributed by atoms with van der Waals surface area (Å²) in [5, 5.41) is 29.4. The molecule has 148 valence electrons. The lowest BCUT2D eigenvalue weighted by Crippen LogP contribution is -2.19. The number of aliphatic carboxylic acids is 1. The summed E-state index contributed by atoms with van der Waals surface area (Å²) in [5.74, 6) is -0.197. The Morgan fingerprint density at radius 2 is 2.12 bits per heavy atom. The average Bonchev–Trinajstić information content (AvgIpc) is 2.99. The van der Waals surface area contributed by atoms with E-state index in [1.807, 2.05) is 6.08 Å². The van der Waals surface area contributed by atoms with Crippen LogP contribution in [0.25, 0.3) is 0 Å². The highest BCUT2D eigenvalue weighted by atomic mass is 16.4. The van der Waals surface area contributed by atoms with Crippen LogP contribution in [-0.4, -0.2) is 33.5 Å². The maximum Gasteiger partial charge on any atom is 0.303 e. The quantitative estimate of drug-likeness (QED) is 0.395. The molecule has 0 aromatic rings. The Balaban J connectivity index is 1.91. The minimum atomic E-state index is -0.732. The van der Waals surface area contributed by atoms with Crippen LogP contribution >= 0.6 is 0 Å². The Morgan fingerprint density at radius 3 is 2.81 bits per heavy atom. The van der Waals surface area contributed by atoms with E-state index in [9.17, 15) is 15.0 Å². The van der Waals surface area contributed by atoms with Crippen LogP contribution < -0.4 is 0 Å². The van der Waals surface area contributed by atoms with Crippen molar-refractivity contribution < 1.29 is 20.1 Å². The first-order chi connectivity index (χ1) is 12.4. The van der Waals surface area contributed by atoms with Crippen LogP contribution in [0.1, 0.15) is 78.1 Å². The van der Waals surface area contributed by atoms with Gasteiger partial charge in [-0.3, -0.25) is 4.79 Å². The maximum atomic E-state index is 10.6. The lowest BCUT2D eigenvalue weighted by molar-refractivity contribution is -0.137. The third-order valence-corrected chi connectivity index (χ3v) is 6.28. The molecule has 2 aliphatic carbocycles. The molecule has 2 saturated carbocycles. The van der Waals surface area contributed by atoms with Gasteiger partial charge in [0.2, 0.25) is 0 Å². The molecule has 0 aromatic heterocycles. The molecule has 2 fully saturated rings. The first-order valence-electron chi connectivity index (χ1n) is 10.3. The fraction of sp³-hybridized carbons (Fsp3) is 0.773. The van der Waals surface area contributed by atoms with Crippen molar-refractivity contribution in [1.82, 2.24) is 0 Å². The number of carboxylic acid groups (broad SMARTS) is 1. The summed E-state index contributed by atoms with van der Waals surface area (Å²) in [6, 6.07) is 0. The van der Waals surface area contributed by atoms with E-state index in [4.69, 9.17) is 5.11 Å². The predicted molar refractivity (Wildman–Crippen MR) is 104 cm³/mol. The second kappa shape index (κ2) is 9.70. The summed E-state index contributed by atoms with van der Waals surface area (Å²) in [7, 11) is 0. The van der Waals surface area contributed by atoms with Crippen molar-refractivity contribution in [2.45, 2.75) is 90.3 Å². The number of fused-ring (bicyclic) bond motifs is 1.